The van der Waals surface area contributed by atoms with Crippen LogP contribution >= 0.6 is 0 Å². The molecule has 5 heteroatoms. The average Bonchev–Trinajstić information content (AvgIpc) is 2.85. The monoisotopic (exact) mass is 252 g/mol. The molecule has 0 spiro atoms. The predicted molar refractivity (Wildman–Crippen MR) is 72.1 cm³/mol. The number of nitrogens with one attached hydrogen (secondary N) is 1. The molecule has 3 rings (SSSR count). The molecule has 1 amide bonds. The molecule has 1 N–H and O–H groups in total. The topological polar surface area (TPSA) is 59.3 Å². The van der Waals surface area contributed by atoms with Crippen molar-refractivity contribution in [1.82, 2.24) is 14.4 Å². The van der Waals surface area contributed by atoms with Gasteiger partial charge in [0.2, 0.25) is 0 Å². The smallest absolute Gasteiger partial charge is 0.257 e. The highest BCUT2D eigenvalue weighted by molar-refractivity contribution is 6.04. The normalized spacial score (nSPS) is 10.6. The summed E-state index contributed by atoms with van der Waals surface area (Å²) < 4.78 is 1.85. The van der Waals surface area contributed by atoms with Gasteiger partial charge in [-0.05, 0) is 36.8 Å². The SMILES string of the molecule is Cc1ccnc(NC(=O)c2ccn3ccnc3c2)c1. The molecule has 0 aromatic carbocycles. The first-order valence-electron chi connectivity index (χ1n) is 5.89. The van der Waals surface area contributed by atoms with Crippen LogP contribution in [0.5, 0.6) is 0 Å². The van der Waals surface area contributed by atoms with Gasteiger partial charge in [0.1, 0.15) is 11.5 Å². The van der Waals surface area contributed by atoms with Crippen molar-refractivity contribution in [3.8, 4) is 0 Å². The summed E-state index contributed by atoms with van der Waals surface area (Å²) in [4.78, 5) is 20.4. The number of fused-ring (bicyclic) bond motifs is 1. The summed E-state index contributed by atoms with van der Waals surface area (Å²) in [6, 6.07) is 7.20. The first-order chi connectivity index (χ1) is 9.22. The summed E-state index contributed by atoms with van der Waals surface area (Å²) in [7, 11) is 0. The zero-order valence-electron chi connectivity index (χ0n) is 10.4. The zero-order valence-corrected chi connectivity index (χ0v) is 10.4. The van der Waals surface area contributed by atoms with Gasteiger partial charge in [0, 0.05) is 30.4 Å². The van der Waals surface area contributed by atoms with Crippen LogP contribution in [0.4, 0.5) is 5.82 Å². The van der Waals surface area contributed by atoms with Gasteiger partial charge in [-0.3, -0.25) is 4.79 Å². The van der Waals surface area contributed by atoms with Crippen LogP contribution in [0.15, 0.2) is 49.1 Å². The van der Waals surface area contributed by atoms with Crippen molar-refractivity contribution in [2.24, 2.45) is 0 Å². The van der Waals surface area contributed by atoms with Crippen LogP contribution in [0.2, 0.25) is 0 Å². The van der Waals surface area contributed by atoms with Crippen LogP contribution in [-0.2, 0) is 0 Å². The second-order valence-corrected chi connectivity index (χ2v) is 4.28. The Balaban J connectivity index is 1.87. The molecule has 94 valence electrons. The molecule has 3 aromatic rings. The highest BCUT2D eigenvalue weighted by atomic mass is 16.1. The Morgan fingerprint density at radius 3 is 2.89 bits per heavy atom. The summed E-state index contributed by atoms with van der Waals surface area (Å²) >= 11 is 0. The fraction of sp³-hybridized carbons (Fsp3) is 0.0714. The van der Waals surface area contributed by atoms with Crippen LogP contribution < -0.4 is 5.32 Å². The van der Waals surface area contributed by atoms with Gasteiger partial charge in [-0.25, -0.2) is 9.97 Å². The maximum absolute atomic E-state index is 12.1. The summed E-state index contributed by atoms with van der Waals surface area (Å²) in [5.74, 6) is 0.358. The first-order valence-corrected chi connectivity index (χ1v) is 5.89. The van der Waals surface area contributed by atoms with Gasteiger partial charge in [-0.1, -0.05) is 0 Å². The van der Waals surface area contributed by atoms with E-state index in [0.29, 0.717) is 11.4 Å². The molecule has 0 unspecified atom stereocenters. The van der Waals surface area contributed by atoms with Crippen LogP contribution in [0.3, 0.4) is 0 Å². The van der Waals surface area contributed by atoms with E-state index in [1.54, 1.807) is 30.7 Å². The molecular weight excluding hydrogens is 240 g/mol. The number of aromatic nitrogens is 3. The number of rotatable bonds is 2. The van der Waals surface area contributed by atoms with E-state index in [1.165, 1.54) is 0 Å². The Labute approximate surface area is 109 Å². The second-order valence-electron chi connectivity index (χ2n) is 4.28. The van der Waals surface area contributed by atoms with Crippen molar-refractivity contribution in [1.29, 1.82) is 0 Å². The molecule has 0 saturated heterocycles. The van der Waals surface area contributed by atoms with E-state index < -0.39 is 0 Å². The number of imidazole rings is 1. The Hall–Kier alpha value is -2.69. The first kappa shape index (κ1) is 11.4. The maximum Gasteiger partial charge on any atom is 0.257 e. The molecule has 0 aliphatic heterocycles. The minimum Gasteiger partial charge on any atom is -0.307 e. The van der Waals surface area contributed by atoms with Gasteiger partial charge in [-0.15, -0.1) is 0 Å². The molecule has 3 heterocycles. The van der Waals surface area contributed by atoms with Gasteiger partial charge in [0.05, 0.1) is 0 Å². The number of nitrogens with zero attached hydrogens (tertiary/aromatic N) is 3. The van der Waals surface area contributed by atoms with E-state index in [1.807, 2.05) is 29.7 Å². The quantitative estimate of drug-likeness (QED) is 0.761. The number of pyridine rings is 2. The number of amides is 1. The highest BCUT2D eigenvalue weighted by Crippen LogP contribution is 2.10. The molecule has 0 aliphatic carbocycles. The Bertz CT molecular complexity index is 748. The third-order valence-electron chi connectivity index (χ3n) is 2.82. The number of hydrogen-bond donors (Lipinski definition) is 1. The van der Waals surface area contributed by atoms with Gasteiger partial charge in [0.25, 0.3) is 5.91 Å². The van der Waals surface area contributed by atoms with E-state index in [0.717, 1.165) is 11.2 Å². The fourth-order valence-electron chi connectivity index (χ4n) is 1.84. The van der Waals surface area contributed by atoms with Crippen LogP contribution in [-0.4, -0.2) is 20.3 Å². The van der Waals surface area contributed by atoms with Gasteiger partial charge in [-0.2, -0.15) is 0 Å². The summed E-state index contributed by atoms with van der Waals surface area (Å²) in [5.41, 5.74) is 2.35. The summed E-state index contributed by atoms with van der Waals surface area (Å²) in [6.07, 6.45) is 7.00. The van der Waals surface area contributed by atoms with Gasteiger partial charge >= 0.3 is 0 Å². The summed E-state index contributed by atoms with van der Waals surface area (Å²) in [6.45, 7) is 1.95. The molecular formula is C14H12N4O. The number of aryl methyl sites for hydroxylation is 1. The molecule has 0 fully saturated rings. The van der Waals surface area contributed by atoms with E-state index >= 15 is 0 Å². The van der Waals surface area contributed by atoms with Crippen molar-refractivity contribution in [2.75, 3.05) is 5.32 Å². The fourth-order valence-corrected chi connectivity index (χ4v) is 1.84. The third-order valence-corrected chi connectivity index (χ3v) is 2.82. The lowest BCUT2D eigenvalue weighted by molar-refractivity contribution is 0.102. The van der Waals surface area contributed by atoms with Crippen LogP contribution in [0.25, 0.3) is 5.65 Å². The van der Waals surface area contributed by atoms with E-state index in [2.05, 4.69) is 15.3 Å². The van der Waals surface area contributed by atoms with Crippen LogP contribution in [0, 0.1) is 6.92 Å². The van der Waals surface area contributed by atoms with Crippen LogP contribution in [0.1, 0.15) is 15.9 Å². The predicted octanol–water partition coefficient (Wildman–Crippen LogP) is 2.29. The lowest BCUT2D eigenvalue weighted by Gasteiger charge is -2.05. The third kappa shape index (κ3) is 2.30. The summed E-state index contributed by atoms with van der Waals surface area (Å²) in [5, 5.41) is 2.77. The second kappa shape index (κ2) is 4.53. The van der Waals surface area contributed by atoms with Gasteiger partial charge < -0.3 is 9.72 Å². The average molecular weight is 252 g/mol. The number of carbonyl (C=O) groups excluding carboxylic acids is 1. The Morgan fingerprint density at radius 1 is 1.16 bits per heavy atom. The molecule has 0 bridgehead atoms. The maximum atomic E-state index is 12.1. The van der Waals surface area contributed by atoms with E-state index in [-0.39, 0.29) is 5.91 Å². The molecule has 0 saturated carbocycles. The largest absolute Gasteiger partial charge is 0.307 e. The highest BCUT2D eigenvalue weighted by Gasteiger charge is 2.08. The van der Waals surface area contributed by atoms with E-state index in [4.69, 9.17) is 0 Å². The molecule has 5 nitrogen and oxygen atoms in total. The number of hydrogen-bond acceptors (Lipinski definition) is 3. The number of anilines is 1. The minimum absolute atomic E-state index is 0.191. The molecule has 3 aromatic heterocycles. The molecule has 0 atom stereocenters. The minimum atomic E-state index is -0.191. The number of carbonyl (C=O) groups is 1. The van der Waals surface area contributed by atoms with Crippen molar-refractivity contribution in [2.45, 2.75) is 6.92 Å². The lowest BCUT2D eigenvalue weighted by Crippen LogP contribution is -2.13. The molecule has 19 heavy (non-hydrogen) atoms. The molecule has 0 radical (unpaired) electrons. The Morgan fingerprint density at radius 2 is 2.05 bits per heavy atom. The van der Waals surface area contributed by atoms with Crippen molar-refractivity contribution in [3.05, 3.63) is 60.2 Å². The van der Waals surface area contributed by atoms with Crippen molar-refractivity contribution < 1.29 is 4.79 Å². The van der Waals surface area contributed by atoms with Crippen molar-refractivity contribution >= 4 is 17.4 Å². The van der Waals surface area contributed by atoms with Crippen molar-refractivity contribution in [3.63, 3.8) is 0 Å². The van der Waals surface area contributed by atoms with E-state index in [9.17, 15) is 4.79 Å². The zero-order chi connectivity index (χ0) is 13.2. The lowest BCUT2D eigenvalue weighted by atomic mass is 10.2. The molecule has 0 aliphatic rings. The van der Waals surface area contributed by atoms with Gasteiger partial charge in [0.15, 0.2) is 0 Å². The standard InChI is InChI=1S/C14H12N4O/c1-10-2-4-15-12(8-10)17-14(19)11-3-6-18-7-5-16-13(18)9-11/h2-9H,1H3,(H,15,17,19). The Kier molecular flexibility index (Phi) is 2.72.